The summed E-state index contributed by atoms with van der Waals surface area (Å²) >= 11 is 0. The Morgan fingerprint density at radius 1 is 1.17 bits per heavy atom. The van der Waals surface area contributed by atoms with E-state index in [0.29, 0.717) is 0 Å². The molecule has 0 heterocycles. The predicted octanol–water partition coefficient (Wildman–Crippen LogP) is 1.47. The Morgan fingerprint density at radius 3 is 2.17 bits per heavy atom. The molecule has 0 aliphatic heterocycles. The van der Waals surface area contributed by atoms with Gasteiger partial charge in [0.05, 0.1) is 11.2 Å². The smallest absolute Gasteiger partial charge is 0.212 e. The summed E-state index contributed by atoms with van der Waals surface area (Å²) in [4.78, 5) is -0.0573. The standard InChI is InChI=1S/C14H23FN2O4S2/c1-11-10-12(6-7-13(11)15)23(20,21)16-8-9-17(14(2,3)4)22(5,18)19/h6-7,10,16H,8-9H2,1-5H3. The number of hydrogen-bond donors (Lipinski definition) is 1. The fraction of sp³-hybridized carbons (Fsp3) is 0.571. The number of benzene rings is 1. The van der Waals surface area contributed by atoms with Crippen molar-refractivity contribution < 1.29 is 21.2 Å². The third-order valence-corrected chi connectivity index (χ3v) is 6.18. The molecular formula is C14H23FN2O4S2. The maximum Gasteiger partial charge on any atom is 0.240 e. The van der Waals surface area contributed by atoms with Gasteiger partial charge in [0.2, 0.25) is 20.0 Å². The molecule has 132 valence electrons. The van der Waals surface area contributed by atoms with Gasteiger partial charge >= 0.3 is 0 Å². The SMILES string of the molecule is Cc1cc(S(=O)(=O)NCCN(C(C)(C)C)S(C)(=O)=O)ccc1F. The van der Waals surface area contributed by atoms with Gasteiger partial charge in [0, 0.05) is 18.6 Å². The largest absolute Gasteiger partial charge is 0.240 e. The van der Waals surface area contributed by atoms with Crippen LogP contribution in [0.5, 0.6) is 0 Å². The van der Waals surface area contributed by atoms with Gasteiger partial charge in [-0.15, -0.1) is 0 Å². The lowest BCUT2D eigenvalue weighted by Crippen LogP contribution is -2.48. The van der Waals surface area contributed by atoms with Crippen LogP contribution in [0.25, 0.3) is 0 Å². The number of rotatable bonds is 6. The summed E-state index contributed by atoms with van der Waals surface area (Å²) in [6.45, 7) is 6.58. The van der Waals surface area contributed by atoms with Gasteiger partial charge in [-0.3, -0.25) is 0 Å². The van der Waals surface area contributed by atoms with Crippen LogP contribution in [0.2, 0.25) is 0 Å². The summed E-state index contributed by atoms with van der Waals surface area (Å²) in [6, 6.07) is 3.49. The highest BCUT2D eigenvalue weighted by molar-refractivity contribution is 7.89. The first-order valence-corrected chi connectivity index (χ1v) is 10.3. The molecule has 0 spiro atoms. The highest BCUT2D eigenvalue weighted by Gasteiger charge is 2.29. The zero-order valence-corrected chi connectivity index (χ0v) is 15.6. The summed E-state index contributed by atoms with van der Waals surface area (Å²) in [6.07, 6.45) is 1.08. The molecule has 0 saturated carbocycles. The van der Waals surface area contributed by atoms with Crippen LogP contribution < -0.4 is 4.72 Å². The summed E-state index contributed by atoms with van der Waals surface area (Å²) in [7, 11) is -7.29. The Labute approximate surface area is 137 Å². The van der Waals surface area contributed by atoms with E-state index in [9.17, 15) is 21.2 Å². The zero-order chi connectivity index (χ0) is 18.1. The van der Waals surface area contributed by atoms with E-state index in [4.69, 9.17) is 0 Å². The molecule has 0 amide bonds. The Kier molecular flexibility index (Phi) is 5.95. The summed E-state index contributed by atoms with van der Waals surface area (Å²) in [5.74, 6) is -0.486. The van der Waals surface area contributed by atoms with E-state index in [1.54, 1.807) is 20.8 Å². The number of nitrogens with one attached hydrogen (secondary N) is 1. The van der Waals surface area contributed by atoms with Crippen molar-refractivity contribution in [2.45, 2.75) is 38.1 Å². The second kappa shape index (κ2) is 6.84. The van der Waals surface area contributed by atoms with Crippen molar-refractivity contribution in [1.29, 1.82) is 0 Å². The van der Waals surface area contributed by atoms with Crippen molar-refractivity contribution in [2.75, 3.05) is 19.3 Å². The van der Waals surface area contributed by atoms with Gasteiger partial charge in [-0.2, -0.15) is 4.31 Å². The number of nitrogens with zero attached hydrogens (tertiary/aromatic N) is 1. The summed E-state index contributed by atoms with van der Waals surface area (Å²) in [5, 5.41) is 0. The maximum atomic E-state index is 13.2. The average Bonchev–Trinajstić information content (AvgIpc) is 2.34. The molecule has 0 aliphatic rings. The number of hydrogen-bond acceptors (Lipinski definition) is 4. The topological polar surface area (TPSA) is 83.6 Å². The van der Waals surface area contributed by atoms with E-state index in [-0.39, 0.29) is 23.5 Å². The molecule has 1 aromatic rings. The minimum absolute atomic E-state index is 0.00173. The molecular weight excluding hydrogens is 343 g/mol. The molecule has 1 rings (SSSR count). The van der Waals surface area contributed by atoms with Crippen molar-refractivity contribution in [3.63, 3.8) is 0 Å². The van der Waals surface area contributed by atoms with Crippen LogP contribution in [0.3, 0.4) is 0 Å². The van der Waals surface area contributed by atoms with E-state index in [1.807, 2.05) is 0 Å². The molecule has 1 aromatic carbocycles. The molecule has 0 fully saturated rings. The van der Waals surface area contributed by atoms with Crippen LogP contribution >= 0.6 is 0 Å². The van der Waals surface area contributed by atoms with E-state index >= 15 is 0 Å². The highest BCUT2D eigenvalue weighted by Crippen LogP contribution is 2.17. The third-order valence-electron chi connectivity index (χ3n) is 3.20. The van der Waals surface area contributed by atoms with Gasteiger partial charge in [-0.05, 0) is 51.5 Å². The van der Waals surface area contributed by atoms with Gasteiger partial charge in [0.25, 0.3) is 0 Å². The van der Waals surface area contributed by atoms with E-state index in [2.05, 4.69) is 4.72 Å². The van der Waals surface area contributed by atoms with E-state index < -0.39 is 31.4 Å². The van der Waals surface area contributed by atoms with Crippen LogP contribution in [0, 0.1) is 12.7 Å². The molecule has 0 radical (unpaired) electrons. The molecule has 0 bridgehead atoms. The fourth-order valence-corrected chi connectivity index (χ4v) is 4.67. The van der Waals surface area contributed by atoms with Gasteiger partial charge < -0.3 is 0 Å². The minimum atomic E-state index is -3.82. The van der Waals surface area contributed by atoms with Crippen LogP contribution in [0.15, 0.2) is 23.1 Å². The van der Waals surface area contributed by atoms with Crippen LogP contribution in [0.4, 0.5) is 4.39 Å². The second-order valence-corrected chi connectivity index (χ2v) is 9.99. The Bertz CT molecular complexity index is 768. The number of sulfonamides is 2. The van der Waals surface area contributed by atoms with Gasteiger partial charge in [-0.1, -0.05) is 0 Å². The number of halogens is 1. The second-order valence-electron chi connectivity index (χ2n) is 6.31. The molecule has 0 saturated heterocycles. The molecule has 1 N–H and O–H groups in total. The predicted molar refractivity (Wildman–Crippen MR) is 87.6 cm³/mol. The van der Waals surface area contributed by atoms with E-state index in [1.165, 1.54) is 23.4 Å². The molecule has 0 aromatic heterocycles. The Balaban J connectivity index is 2.86. The maximum absolute atomic E-state index is 13.2. The Hall–Kier alpha value is -1.03. The monoisotopic (exact) mass is 366 g/mol. The molecule has 23 heavy (non-hydrogen) atoms. The lowest BCUT2D eigenvalue weighted by molar-refractivity contribution is 0.254. The first-order chi connectivity index (χ1) is 10.2. The van der Waals surface area contributed by atoms with Gasteiger partial charge in [0.15, 0.2) is 0 Å². The van der Waals surface area contributed by atoms with Crippen molar-refractivity contribution in [1.82, 2.24) is 9.03 Å². The minimum Gasteiger partial charge on any atom is -0.212 e. The first-order valence-electron chi connectivity index (χ1n) is 6.99. The lowest BCUT2D eigenvalue weighted by Gasteiger charge is -2.33. The zero-order valence-electron chi connectivity index (χ0n) is 13.9. The third kappa shape index (κ3) is 5.52. The number of aryl methyl sites for hydroxylation is 1. The molecule has 9 heteroatoms. The van der Waals surface area contributed by atoms with E-state index in [0.717, 1.165) is 12.3 Å². The Morgan fingerprint density at radius 2 is 1.74 bits per heavy atom. The van der Waals surface area contributed by atoms with Gasteiger partial charge in [-0.25, -0.2) is 25.9 Å². The first kappa shape index (κ1) is 20.0. The normalized spacial score (nSPS) is 13.5. The molecule has 0 atom stereocenters. The van der Waals surface area contributed by atoms with Crippen molar-refractivity contribution in [2.24, 2.45) is 0 Å². The van der Waals surface area contributed by atoms with Gasteiger partial charge in [0.1, 0.15) is 5.82 Å². The molecule has 6 nitrogen and oxygen atoms in total. The quantitative estimate of drug-likeness (QED) is 0.826. The lowest BCUT2D eigenvalue weighted by atomic mass is 10.1. The summed E-state index contributed by atoms with van der Waals surface area (Å²) in [5.41, 5.74) is -0.439. The van der Waals surface area contributed by atoms with Crippen molar-refractivity contribution >= 4 is 20.0 Å². The van der Waals surface area contributed by atoms with Crippen LogP contribution in [-0.4, -0.2) is 46.0 Å². The van der Waals surface area contributed by atoms with Crippen molar-refractivity contribution in [3.05, 3.63) is 29.6 Å². The fourth-order valence-electron chi connectivity index (χ4n) is 2.15. The average molecular weight is 366 g/mol. The molecule has 0 aliphatic carbocycles. The van der Waals surface area contributed by atoms with Crippen LogP contribution in [0.1, 0.15) is 26.3 Å². The molecule has 0 unspecified atom stereocenters. The summed E-state index contributed by atoms with van der Waals surface area (Å²) < 4.78 is 64.7. The van der Waals surface area contributed by atoms with Crippen molar-refractivity contribution in [3.8, 4) is 0 Å². The van der Waals surface area contributed by atoms with Crippen LogP contribution in [-0.2, 0) is 20.0 Å². The highest BCUT2D eigenvalue weighted by atomic mass is 32.2.